The minimum absolute atomic E-state index is 1.06. The van der Waals surface area contributed by atoms with E-state index in [1.54, 1.807) is 4.90 Å². The number of rotatable bonds is 4. The third kappa shape index (κ3) is 2.71. The number of quaternary nitrogens is 1. The lowest BCUT2D eigenvalue weighted by Crippen LogP contribution is -3.13. The molecule has 0 saturated carbocycles. The zero-order valence-corrected chi connectivity index (χ0v) is 15.1. The Morgan fingerprint density at radius 3 is 2.54 bits per heavy atom. The van der Waals surface area contributed by atoms with Gasteiger partial charge in [0.05, 0.1) is 13.1 Å². The molecule has 2 aromatic heterocycles. The molecule has 4 aromatic rings. The molecule has 0 spiro atoms. The predicted molar refractivity (Wildman–Crippen MR) is 104 cm³/mol. The SMILES string of the molecule is c1ccc(-c2cn3c4ccccc4[n+](CC[NH+]4CCCCC4)c3[nH]2)cc1. The van der Waals surface area contributed by atoms with Crippen LogP contribution in [0.4, 0.5) is 0 Å². The fraction of sp³-hybridized carbons (Fsp3) is 0.318. The molecule has 4 nitrogen and oxygen atoms in total. The Morgan fingerprint density at radius 1 is 0.923 bits per heavy atom. The zero-order chi connectivity index (χ0) is 17.3. The molecule has 0 radical (unpaired) electrons. The number of likely N-dealkylation sites (tertiary alicyclic amines) is 1. The topological polar surface area (TPSA) is 28.5 Å². The molecule has 26 heavy (non-hydrogen) atoms. The zero-order valence-electron chi connectivity index (χ0n) is 15.1. The van der Waals surface area contributed by atoms with Crippen molar-refractivity contribution < 1.29 is 9.47 Å². The smallest absolute Gasteiger partial charge is 0.332 e. The molecule has 1 aliphatic rings. The van der Waals surface area contributed by atoms with Crippen LogP contribution in [0.5, 0.6) is 0 Å². The second-order valence-electron chi connectivity index (χ2n) is 7.43. The van der Waals surface area contributed by atoms with Gasteiger partial charge in [-0.05, 0) is 31.4 Å². The lowest BCUT2D eigenvalue weighted by Gasteiger charge is -2.22. The van der Waals surface area contributed by atoms with E-state index in [9.17, 15) is 0 Å². The van der Waals surface area contributed by atoms with Crippen LogP contribution in [0.15, 0.2) is 60.8 Å². The van der Waals surface area contributed by atoms with Gasteiger partial charge in [0.2, 0.25) is 0 Å². The molecule has 0 bridgehead atoms. The summed E-state index contributed by atoms with van der Waals surface area (Å²) in [6.45, 7) is 4.92. The van der Waals surface area contributed by atoms with Crippen molar-refractivity contribution in [3.8, 4) is 11.3 Å². The van der Waals surface area contributed by atoms with Crippen LogP contribution in [0.2, 0.25) is 0 Å². The number of nitrogens with one attached hydrogen (secondary N) is 2. The Labute approximate surface area is 153 Å². The van der Waals surface area contributed by atoms with Crippen LogP contribution in [0.3, 0.4) is 0 Å². The Morgan fingerprint density at radius 2 is 1.69 bits per heavy atom. The monoisotopic (exact) mass is 346 g/mol. The average molecular weight is 346 g/mol. The average Bonchev–Trinajstić information content (AvgIpc) is 3.26. The molecule has 0 aliphatic carbocycles. The highest BCUT2D eigenvalue weighted by atomic mass is 15.2. The van der Waals surface area contributed by atoms with Gasteiger partial charge >= 0.3 is 5.78 Å². The summed E-state index contributed by atoms with van der Waals surface area (Å²) in [7, 11) is 0. The van der Waals surface area contributed by atoms with Gasteiger partial charge in [-0.2, -0.15) is 4.40 Å². The Hall–Kier alpha value is -2.59. The highest BCUT2D eigenvalue weighted by molar-refractivity contribution is 5.76. The first-order valence-corrected chi connectivity index (χ1v) is 9.81. The molecule has 0 atom stereocenters. The van der Waals surface area contributed by atoms with E-state index in [1.807, 2.05) is 0 Å². The van der Waals surface area contributed by atoms with E-state index in [-0.39, 0.29) is 0 Å². The molecule has 2 aromatic carbocycles. The van der Waals surface area contributed by atoms with Crippen LogP contribution in [0, 0.1) is 0 Å². The van der Waals surface area contributed by atoms with Crippen molar-refractivity contribution in [2.24, 2.45) is 0 Å². The predicted octanol–water partition coefficient (Wildman–Crippen LogP) is 2.44. The molecule has 5 rings (SSSR count). The Bertz CT molecular complexity index is 1020. The minimum atomic E-state index is 1.06. The normalized spacial score (nSPS) is 15.8. The van der Waals surface area contributed by atoms with E-state index < -0.39 is 0 Å². The van der Waals surface area contributed by atoms with Gasteiger partial charge in [0.15, 0.2) is 0 Å². The molecule has 1 aliphatic heterocycles. The van der Waals surface area contributed by atoms with Crippen molar-refractivity contribution in [2.45, 2.75) is 25.8 Å². The first kappa shape index (κ1) is 15.6. The molecule has 1 saturated heterocycles. The Balaban J connectivity index is 1.56. The second-order valence-corrected chi connectivity index (χ2v) is 7.43. The van der Waals surface area contributed by atoms with E-state index in [2.05, 4.69) is 74.7 Å². The van der Waals surface area contributed by atoms with Crippen molar-refractivity contribution >= 4 is 16.8 Å². The largest absolute Gasteiger partial charge is 0.368 e. The summed E-state index contributed by atoms with van der Waals surface area (Å²) in [5.74, 6) is 1.18. The maximum Gasteiger partial charge on any atom is 0.368 e. The van der Waals surface area contributed by atoms with Gasteiger partial charge in [-0.25, -0.2) is 9.55 Å². The minimum Gasteiger partial charge on any atom is -0.332 e. The van der Waals surface area contributed by atoms with E-state index in [4.69, 9.17) is 0 Å². The summed E-state index contributed by atoms with van der Waals surface area (Å²) in [6, 6.07) is 19.3. The number of para-hydroxylation sites is 2. The summed E-state index contributed by atoms with van der Waals surface area (Å²) in [5.41, 5.74) is 4.99. The molecule has 3 heterocycles. The molecule has 0 unspecified atom stereocenters. The number of hydrogen-bond acceptors (Lipinski definition) is 0. The number of nitrogens with zero attached hydrogens (tertiary/aromatic N) is 2. The van der Waals surface area contributed by atoms with E-state index >= 15 is 0 Å². The van der Waals surface area contributed by atoms with Gasteiger partial charge in [0.1, 0.15) is 36.0 Å². The second kappa shape index (κ2) is 6.61. The standard InChI is InChI=1S/C22H24N4/c1-3-9-18(10-4-1)19-17-26-21-12-6-5-11-20(21)25(22(26)23-19)16-15-24-13-7-2-8-14-24/h1,3-6,9-12,17H,2,7-8,13-16H2/p+2. The van der Waals surface area contributed by atoms with E-state index in [1.165, 1.54) is 67.0 Å². The molecule has 0 amide bonds. The van der Waals surface area contributed by atoms with Crippen molar-refractivity contribution in [3.63, 3.8) is 0 Å². The third-order valence-corrected chi connectivity index (χ3v) is 5.76. The number of aromatic amines is 1. The van der Waals surface area contributed by atoms with Gasteiger partial charge in [0, 0.05) is 5.56 Å². The quantitative estimate of drug-likeness (QED) is 0.532. The highest BCUT2D eigenvalue weighted by Gasteiger charge is 2.23. The van der Waals surface area contributed by atoms with Gasteiger partial charge in [-0.3, -0.25) is 0 Å². The van der Waals surface area contributed by atoms with E-state index in [0.29, 0.717) is 0 Å². The van der Waals surface area contributed by atoms with Gasteiger partial charge in [-0.1, -0.05) is 42.5 Å². The molecular formula is C22H26N4+2. The summed E-state index contributed by atoms with van der Waals surface area (Å²) >= 11 is 0. The Kier molecular flexibility index (Phi) is 3.98. The van der Waals surface area contributed by atoms with Gasteiger partial charge in [-0.15, -0.1) is 0 Å². The molecule has 132 valence electrons. The summed E-state index contributed by atoms with van der Waals surface area (Å²) < 4.78 is 4.77. The summed E-state index contributed by atoms with van der Waals surface area (Å²) in [6.07, 6.45) is 6.41. The van der Waals surface area contributed by atoms with E-state index in [0.717, 1.165) is 6.54 Å². The van der Waals surface area contributed by atoms with Crippen LogP contribution in [0.25, 0.3) is 28.1 Å². The molecule has 2 N–H and O–H groups in total. The van der Waals surface area contributed by atoms with Crippen molar-refractivity contribution in [2.75, 3.05) is 19.6 Å². The first-order chi connectivity index (χ1) is 12.9. The summed E-state index contributed by atoms with van der Waals surface area (Å²) in [4.78, 5) is 5.43. The maximum atomic E-state index is 3.67. The number of H-pyrrole nitrogens is 1. The van der Waals surface area contributed by atoms with Crippen molar-refractivity contribution in [3.05, 3.63) is 60.8 Å². The van der Waals surface area contributed by atoms with Gasteiger partial charge < -0.3 is 4.90 Å². The van der Waals surface area contributed by atoms with Gasteiger partial charge in [0.25, 0.3) is 0 Å². The van der Waals surface area contributed by atoms with Crippen LogP contribution in [0.1, 0.15) is 19.3 Å². The lowest BCUT2D eigenvalue weighted by molar-refractivity contribution is -0.920. The lowest BCUT2D eigenvalue weighted by atomic mass is 10.1. The maximum absolute atomic E-state index is 3.67. The summed E-state index contributed by atoms with van der Waals surface area (Å²) in [5, 5.41) is 0. The fourth-order valence-corrected chi connectivity index (χ4v) is 4.36. The third-order valence-electron chi connectivity index (χ3n) is 5.76. The van der Waals surface area contributed by atoms with Crippen LogP contribution >= 0.6 is 0 Å². The number of imidazole rings is 2. The van der Waals surface area contributed by atoms with Crippen LogP contribution < -0.4 is 9.47 Å². The highest BCUT2D eigenvalue weighted by Crippen LogP contribution is 2.21. The molecule has 4 heteroatoms. The number of piperidine rings is 1. The van der Waals surface area contributed by atoms with Crippen molar-refractivity contribution in [1.29, 1.82) is 0 Å². The van der Waals surface area contributed by atoms with Crippen LogP contribution in [-0.2, 0) is 6.54 Å². The first-order valence-electron chi connectivity index (χ1n) is 9.81. The fourth-order valence-electron chi connectivity index (χ4n) is 4.36. The van der Waals surface area contributed by atoms with Crippen LogP contribution in [-0.4, -0.2) is 29.0 Å². The number of benzene rings is 2. The van der Waals surface area contributed by atoms with Crippen molar-refractivity contribution in [1.82, 2.24) is 9.38 Å². The molecular weight excluding hydrogens is 320 g/mol. The number of fused-ring (bicyclic) bond motifs is 3. The number of aromatic nitrogens is 3. The number of hydrogen-bond donors (Lipinski definition) is 2. The molecule has 1 fully saturated rings.